The lowest BCUT2D eigenvalue weighted by atomic mass is 10.1. The molecule has 68 heavy (non-hydrogen) atoms. The van der Waals surface area contributed by atoms with Crippen molar-refractivity contribution >= 4 is 99.7 Å². The number of nitrogens with zero attached hydrogens (tertiary/aromatic N) is 5. The quantitative estimate of drug-likeness (QED) is 0.0377. The van der Waals surface area contributed by atoms with Gasteiger partial charge in [-0.1, -0.05) is 6.07 Å². The minimum Gasteiger partial charge on any atom is -0.505 e. The Kier molecular flexibility index (Phi) is 12.8. The Labute approximate surface area is 382 Å². The van der Waals surface area contributed by atoms with E-state index in [0.29, 0.717) is 0 Å². The maximum atomic E-state index is 13.4. The summed E-state index contributed by atoms with van der Waals surface area (Å²) in [5.74, 6) is -5.72. The lowest BCUT2D eigenvalue weighted by Crippen LogP contribution is -2.18. The third kappa shape index (κ3) is 9.84. The predicted octanol–water partition coefficient (Wildman–Crippen LogP) is 8.04. The van der Waals surface area contributed by atoms with Gasteiger partial charge in [0.15, 0.2) is 11.5 Å². The molecule has 0 aliphatic heterocycles. The smallest absolute Gasteiger partial charge is 0.335 e. The summed E-state index contributed by atoms with van der Waals surface area (Å²) in [6.45, 7) is 0. The number of phenolic OH excluding ortho intramolecular Hbond substituents is 2. The van der Waals surface area contributed by atoms with Crippen molar-refractivity contribution in [3.8, 4) is 23.0 Å². The van der Waals surface area contributed by atoms with Crippen LogP contribution in [0.25, 0.3) is 21.5 Å². The Bertz CT molecular complexity index is 3350. The van der Waals surface area contributed by atoms with Gasteiger partial charge in [0.1, 0.15) is 55.4 Å². The highest BCUT2D eigenvalue weighted by atomic mass is 32.2. The topological polar surface area (TPSA) is 363 Å². The molecule has 7 rings (SSSR count). The molecule has 25 heteroatoms. The zero-order valence-electron chi connectivity index (χ0n) is 34.6. The summed E-state index contributed by atoms with van der Waals surface area (Å²) < 4.78 is 80.3. The molecule has 0 spiro atoms. The van der Waals surface area contributed by atoms with Gasteiger partial charge in [-0.15, -0.1) is 20.5 Å². The average molecular weight is 966 g/mol. The molecule has 6 aromatic carbocycles. The number of aromatic carboxylic acids is 2. The predicted molar refractivity (Wildman–Crippen MR) is 239 cm³/mol. The van der Waals surface area contributed by atoms with Crippen LogP contribution >= 0.6 is 0 Å². The van der Waals surface area contributed by atoms with Crippen LogP contribution < -0.4 is 20.1 Å². The highest BCUT2D eigenvalue weighted by Crippen LogP contribution is 2.44. The van der Waals surface area contributed by atoms with Crippen LogP contribution in [0, 0.1) is 0 Å². The molecule has 1 aromatic heterocycles. The van der Waals surface area contributed by atoms with Crippen molar-refractivity contribution in [2.75, 3.05) is 24.9 Å². The first-order valence-electron chi connectivity index (χ1n) is 19.0. The molecule has 8 N–H and O–H groups in total. The number of aromatic nitrogens is 1. The van der Waals surface area contributed by atoms with E-state index in [2.05, 4.69) is 36.1 Å². The number of rotatable bonds is 14. The number of nitrogens with one attached hydrogen (secondary N) is 2. The molecule has 23 nitrogen and oxygen atoms in total. The Balaban J connectivity index is 1.11. The maximum Gasteiger partial charge on any atom is 0.335 e. The van der Waals surface area contributed by atoms with E-state index in [4.69, 9.17) is 9.47 Å². The number of hydrogen-bond acceptors (Lipinski definition) is 17. The van der Waals surface area contributed by atoms with Crippen LogP contribution in [-0.2, 0) is 20.2 Å². The Morgan fingerprint density at radius 1 is 0.544 bits per heavy atom. The highest BCUT2D eigenvalue weighted by Gasteiger charge is 2.25. The molecule has 0 saturated carbocycles. The number of azo groups is 2. The number of aromatic hydroxyl groups is 2. The minimum atomic E-state index is -5.07. The summed E-state index contributed by atoms with van der Waals surface area (Å²) in [6, 6.07) is 20.8. The van der Waals surface area contributed by atoms with Crippen LogP contribution in [0.2, 0.25) is 0 Å². The van der Waals surface area contributed by atoms with E-state index >= 15 is 0 Å². The van der Waals surface area contributed by atoms with Crippen molar-refractivity contribution in [1.29, 1.82) is 0 Å². The second-order valence-electron chi connectivity index (χ2n) is 14.1. The summed E-state index contributed by atoms with van der Waals surface area (Å²) in [4.78, 5) is 51.9. The van der Waals surface area contributed by atoms with Gasteiger partial charge >= 0.3 is 11.9 Å². The molecule has 0 aliphatic rings. The molecule has 7 aromatic rings. The summed E-state index contributed by atoms with van der Waals surface area (Å²) in [7, 11) is -7.66. The van der Waals surface area contributed by atoms with Crippen LogP contribution in [-0.4, -0.2) is 89.3 Å². The number of fused-ring (bicyclic) bond motifs is 2. The zero-order valence-corrected chi connectivity index (χ0v) is 36.3. The summed E-state index contributed by atoms with van der Waals surface area (Å²) in [5, 5.41) is 61.4. The molecule has 0 aliphatic carbocycles. The van der Waals surface area contributed by atoms with Crippen LogP contribution in [0.1, 0.15) is 41.7 Å². The van der Waals surface area contributed by atoms with Crippen molar-refractivity contribution in [1.82, 2.24) is 4.98 Å². The SMILES string of the molecule is COc1cc(C(=O)O)ccc1N=Nc1c(S(=O)(=O)O)cc2cc(NC(=O)c3cccc(C(=O)Nc4ccc5c(O)c(N=Nc6ccc(C(=O)O)cc6OC)c(S(=O)(=O)O)cc5c4)n3)ccc2c1O. The molecule has 1 heterocycles. The largest absolute Gasteiger partial charge is 0.505 e. The first-order valence-corrected chi connectivity index (χ1v) is 21.8. The summed E-state index contributed by atoms with van der Waals surface area (Å²) >= 11 is 0. The van der Waals surface area contributed by atoms with Crippen LogP contribution in [0.5, 0.6) is 23.0 Å². The molecule has 0 fully saturated rings. The van der Waals surface area contributed by atoms with Crippen molar-refractivity contribution in [2.24, 2.45) is 20.5 Å². The third-order valence-corrected chi connectivity index (χ3v) is 11.5. The zero-order chi connectivity index (χ0) is 49.2. The number of anilines is 2. The van der Waals surface area contributed by atoms with E-state index < -0.39 is 76.7 Å². The van der Waals surface area contributed by atoms with Crippen molar-refractivity contribution in [2.45, 2.75) is 9.79 Å². The number of carboxylic acid groups (broad SMARTS) is 2. The molecule has 346 valence electrons. The van der Waals surface area contributed by atoms with Crippen molar-refractivity contribution < 1.29 is 75.0 Å². The van der Waals surface area contributed by atoms with Gasteiger partial charge in [-0.2, -0.15) is 16.8 Å². The fourth-order valence-corrected chi connectivity index (χ4v) is 7.83. The van der Waals surface area contributed by atoms with Gasteiger partial charge in [-0.3, -0.25) is 18.7 Å². The standard InChI is InChI=1S/C43H31N7O16S2/c1-65-32-16-20(42(55)56)6-12-28(32)47-49-36-34(67(59,60)61)18-22-14-24(8-10-26(22)38(36)51)44-40(53)30-4-3-5-31(46-30)41(54)45-25-9-11-27-23(15-25)19-35(68(62,63)64)37(39(27)52)50-48-29-13-7-21(43(57)58)17-33(29)66-2/h3-19,51-52H,1-2H3,(H,44,53)(H,45,54)(H,55,56)(H,57,58)(H,59,60,61)(H,62,63,64). The number of carbonyl (C=O) groups excluding carboxylic acids is 2. The number of phenols is 2. The fraction of sp³-hybridized carbons (Fsp3) is 0.0465. The monoisotopic (exact) mass is 965 g/mol. The number of amides is 2. The lowest BCUT2D eigenvalue weighted by molar-refractivity contribution is 0.0686. The molecular formula is C43H31N7O16S2. The molecule has 0 atom stereocenters. The molecule has 2 amide bonds. The van der Waals surface area contributed by atoms with Gasteiger partial charge in [0.05, 0.1) is 25.3 Å². The molecule has 0 radical (unpaired) electrons. The van der Waals surface area contributed by atoms with Crippen LogP contribution in [0.4, 0.5) is 34.1 Å². The van der Waals surface area contributed by atoms with Gasteiger partial charge in [0.2, 0.25) is 0 Å². The Morgan fingerprint density at radius 2 is 0.941 bits per heavy atom. The van der Waals surface area contributed by atoms with Gasteiger partial charge in [0, 0.05) is 22.1 Å². The normalized spacial score (nSPS) is 11.8. The number of carboxylic acids is 2. The number of methoxy groups -OCH3 is 2. The van der Waals surface area contributed by atoms with E-state index in [0.717, 1.165) is 24.3 Å². The Hall–Kier alpha value is -8.91. The number of hydrogen-bond donors (Lipinski definition) is 8. The lowest BCUT2D eigenvalue weighted by Gasteiger charge is -2.12. The molecule has 0 unspecified atom stereocenters. The molecule has 0 bridgehead atoms. The summed E-state index contributed by atoms with van der Waals surface area (Å²) in [6.07, 6.45) is 0. The van der Waals surface area contributed by atoms with E-state index in [1.54, 1.807) is 0 Å². The van der Waals surface area contributed by atoms with E-state index in [1.165, 1.54) is 93.1 Å². The molecule has 0 saturated heterocycles. The molecular weight excluding hydrogens is 935 g/mol. The van der Waals surface area contributed by atoms with Gasteiger partial charge in [-0.25, -0.2) is 14.6 Å². The number of benzene rings is 6. The summed E-state index contributed by atoms with van der Waals surface area (Å²) in [5.41, 5.74) is -2.10. The van der Waals surface area contributed by atoms with E-state index in [9.17, 15) is 65.5 Å². The highest BCUT2D eigenvalue weighted by molar-refractivity contribution is 7.86. The Morgan fingerprint density at radius 3 is 1.29 bits per heavy atom. The number of carbonyl (C=O) groups is 4. The van der Waals surface area contributed by atoms with Crippen molar-refractivity contribution in [3.05, 3.63) is 126 Å². The van der Waals surface area contributed by atoms with Gasteiger partial charge < -0.3 is 40.5 Å². The van der Waals surface area contributed by atoms with Crippen LogP contribution in [0.15, 0.2) is 133 Å². The van der Waals surface area contributed by atoms with Crippen molar-refractivity contribution in [3.63, 3.8) is 0 Å². The average Bonchev–Trinajstić information content (AvgIpc) is 3.29. The van der Waals surface area contributed by atoms with E-state index in [-0.39, 0.29) is 78.3 Å². The minimum absolute atomic E-state index is 0.00912. The number of pyridine rings is 1. The fourth-order valence-electron chi connectivity index (χ4n) is 6.52. The van der Waals surface area contributed by atoms with Gasteiger partial charge in [-0.05, 0) is 108 Å². The second-order valence-corrected chi connectivity index (χ2v) is 16.8. The third-order valence-electron chi connectivity index (χ3n) is 9.76. The maximum absolute atomic E-state index is 13.4. The van der Waals surface area contributed by atoms with Crippen LogP contribution in [0.3, 0.4) is 0 Å². The first-order chi connectivity index (χ1) is 32.2. The van der Waals surface area contributed by atoms with Gasteiger partial charge in [0.25, 0.3) is 32.1 Å². The number of ether oxygens (including phenoxy) is 2. The first kappa shape index (κ1) is 47.1. The van der Waals surface area contributed by atoms with E-state index in [1.807, 2.05) is 0 Å². The second kappa shape index (κ2) is 18.5.